The first kappa shape index (κ1) is 22.5. The highest BCUT2D eigenvalue weighted by molar-refractivity contribution is 7.80. The summed E-state index contributed by atoms with van der Waals surface area (Å²) in [5, 5.41) is 16.6. The van der Waals surface area contributed by atoms with Crippen LogP contribution in [0.2, 0.25) is 15.1 Å². The predicted molar refractivity (Wildman–Crippen MR) is 130 cm³/mol. The van der Waals surface area contributed by atoms with E-state index in [1.165, 1.54) is 12.1 Å². The average molecular weight is 510 g/mol. The molecule has 6 nitrogen and oxygen atoms in total. The van der Waals surface area contributed by atoms with Crippen LogP contribution in [0.25, 0.3) is 0 Å². The van der Waals surface area contributed by atoms with Crippen LogP contribution in [0, 0.1) is 5.82 Å². The zero-order valence-electron chi connectivity index (χ0n) is 16.4. The van der Waals surface area contributed by atoms with Gasteiger partial charge in [0.05, 0.1) is 25.0 Å². The largest absolute Gasteiger partial charge is 0.330 e. The maximum atomic E-state index is 13.1. The number of hydrogen-bond acceptors (Lipinski definition) is 3. The number of thiocarbonyl (C=S) groups is 1. The van der Waals surface area contributed by atoms with Crippen molar-refractivity contribution in [3.8, 4) is 0 Å². The van der Waals surface area contributed by atoms with Gasteiger partial charge in [0.15, 0.2) is 10.9 Å². The van der Waals surface area contributed by atoms with E-state index in [2.05, 4.69) is 20.8 Å². The minimum Gasteiger partial charge on any atom is -0.330 e. The summed E-state index contributed by atoms with van der Waals surface area (Å²) in [5.41, 5.74) is 2.48. The lowest BCUT2D eigenvalue weighted by Crippen LogP contribution is -2.19. The van der Waals surface area contributed by atoms with Crippen molar-refractivity contribution in [2.45, 2.75) is 13.1 Å². The molecule has 2 aromatic carbocycles. The monoisotopic (exact) mass is 508 g/mol. The Balaban J connectivity index is 1.36. The summed E-state index contributed by atoms with van der Waals surface area (Å²) in [5.74, 6) is 0.122. The third-order valence-corrected chi connectivity index (χ3v) is 5.51. The molecule has 0 saturated heterocycles. The highest BCUT2D eigenvalue weighted by atomic mass is 35.5. The molecular formula is C21H16Cl3FN6S. The molecule has 0 spiro atoms. The number of aromatic nitrogens is 4. The number of benzene rings is 2. The van der Waals surface area contributed by atoms with Crippen LogP contribution in [0.4, 0.5) is 15.9 Å². The van der Waals surface area contributed by atoms with E-state index >= 15 is 0 Å². The second-order valence-corrected chi connectivity index (χ2v) is 8.55. The van der Waals surface area contributed by atoms with Crippen molar-refractivity contribution in [2.24, 2.45) is 0 Å². The van der Waals surface area contributed by atoms with Crippen molar-refractivity contribution in [1.29, 1.82) is 0 Å². The molecule has 4 aromatic rings. The van der Waals surface area contributed by atoms with E-state index in [1.807, 2.05) is 6.07 Å². The number of halogens is 4. The minimum absolute atomic E-state index is 0.286. The van der Waals surface area contributed by atoms with Crippen LogP contribution in [-0.2, 0) is 13.1 Å². The van der Waals surface area contributed by atoms with Crippen LogP contribution in [-0.4, -0.2) is 24.7 Å². The fraction of sp³-hybridized carbons (Fsp3) is 0.0952. The van der Waals surface area contributed by atoms with E-state index in [0.29, 0.717) is 44.8 Å². The van der Waals surface area contributed by atoms with Gasteiger partial charge in [0, 0.05) is 22.4 Å². The third kappa shape index (κ3) is 5.77. The van der Waals surface area contributed by atoms with E-state index in [-0.39, 0.29) is 5.82 Å². The second kappa shape index (κ2) is 9.87. The first-order valence-electron chi connectivity index (χ1n) is 9.37. The highest BCUT2D eigenvalue weighted by Crippen LogP contribution is 2.23. The Morgan fingerprint density at radius 2 is 1.72 bits per heavy atom. The average Bonchev–Trinajstić information content (AvgIpc) is 3.31. The van der Waals surface area contributed by atoms with Gasteiger partial charge in [-0.3, -0.25) is 9.36 Å². The lowest BCUT2D eigenvalue weighted by atomic mass is 10.2. The molecule has 0 bridgehead atoms. The van der Waals surface area contributed by atoms with Gasteiger partial charge in [-0.1, -0.05) is 53.0 Å². The van der Waals surface area contributed by atoms with Crippen LogP contribution < -0.4 is 10.6 Å². The lowest BCUT2D eigenvalue weighted by molar-refractivity contribution is 0.624. The van der Waals surface area contributed by atoms with Gasteiger partial charge < -0.3 is 10.6 Å². The summed E-state index contributed by atoms with van der Waals surface area (Å²) in [6.45, 7) is 0.930. The van der Waals surface area contributed by atoms with Crippen LogP contribution in [0.1, 0.15) is 11.1 Å². The fourth-order valence-electron chi connectivity index (χ4n) is 2.95. The zero-order chi connectivity index (χ0) is 22.7. The van der Waals surface area contributed by atoms with Crippen molar-refractivity contribution >= 4 is 63.6 Å². The van der Waals surface area contributed by atoms with Gasteiger partial charge in [-0.05, 0) is 47.6 Å². The van der Waals surface area contributed by atoms with E-state index in [1.54, 1.807) is 52.2 Å². The van der Waals surface area contributed by atoms with Gasteiger partial charge in [0.1, 0.15) is 10.8 Å². The zero-order valence-corrected chi connectivity index (χ0v) is 19.5. The molecule has 11 heteroatoms. The Kier molecular flexibility index (Phi) is 6.95. The van der Waals surface area contributed by atoms with E-state index < -0.39 is 0 Å². The van der Waals surface area contributed by atoms with Crippen molar-refractivity contribution in [1.82, 2.24) is 19.6 Å². The Hall–Kier alpha value is -2.65. The molecule has 0 aliphatic carbocycles. The van der Waals surface area contributed by atoms with Crippen LogP contribution in [0.3, 0.4) is 0 Å². The molecule has 0 aliphatic heterocycles. The van der Waals surface area contributed by atoms with Gasteiger partial charge in [-0.15, -0.1) is 0 Å². The van der Waals surface area contributed by atoms with Gasteiger partial charge in [-0.25, -0.2) is 4.39 Å². The molecule has 164 valence electrons. The summed E-state index contributed by atoms with van der Waals surface area (Å²) in [6, 6.07) is 11.5. The Bertz CT molecular complexity index is 1250. The molecule has 32 heavy (non-hydrogen) atoms. The summed E-state index contributed by atoms with van der Waals surface area (Å²) in [6.07, 6.45) is 5.12. The lowest BCUT2D eigenvalue weighted by Gasteiger charge is -2.07. The molecule has 0 unspecified atom stereocenters. The van der Waals surface area contributed by atoms with Gasteiger partial charge in [0.2, 0.25) is 0 Å². The molecule has 2 N–H and O–H groups in total. The predicted octanol–water partition coefficient (Wildman–Crippen LogP) is 6.08. The van der Waals surface area contributed by atoms with Crippen LogP contribution in [0.5, 0.6) is 0 Å². The molecule has 0 saturated carbocycles. The van der Waals surface area contributed by atoms with E-state index in [0.717, 1.165) is 11.1 Å². The Morgan fingerprint density at radius 1 is 0.938 bits per heavy atom. The smallest absolute Gasteiger partial charge is 0.176 e. The van der Waals surface area contributed by atoms with Crippen LogP contribution in [0.15, 0.2) is 61.1 Å². The molecule has 0 aliphatic rings. The molecule has 0 radical (unpaired) electrons. The number of rotatable bonds is 6. The molecule has 4 rings (SSSR count). The van der Waals surface area contributed by atoms with Crippen LogP contribution >= 0.6 is 47.0 Å². The molecule has 2 heterocycles. The topological polar surface area (TPSA) is 59.7 Å². The summed E-state index contributed by atoms with van der Waals surface area (Å²) < 4.78 is 16.4. The normalized spacial score (nSPS) is 10.9. The summed E-state index contributed by atoms with van der Waals surface area (Å²) >= 11 is 23.8. The van der Waals surface area contributed by atoms with E-state index in [9.17, 15) is 4.39 Å². The molecular weight excluding hydrogens is 494 g/mol. The molecule has 2 aromatic heterocycles. The Morgan fingerprint density at radius 3 is 2.47 bits per heavy atom. The maximum Gasteiger partial charge on any atom is 0.176 e. The quantitative estimate of drug-likeness (QED) is 0.308. The van der Waals surface area contributed by atoms with Gasteiger partial charge in [0.25, 0.3) is 0 Å². The molecule has 0 amide bonds. The standard InChI is InChI=1S/C21H16Cl3FN6S/c22-15-4-3-14(18(23)7-15)10-30-11-17(8-26-30)27-21(32)28-20-19(24)12-31(29-20)9-13-1-5-16(25)6-2-13/h1-8,11-12H,9-10H2,(H2,27,28,29,32). The number of hydrogen-bond donors (Lipinski definition) is 2. The molecule has 0 fully saturated rings. The first-order chi connectivity index (χ1) is 15.4. The molecule has 0 atom stereocenters. The number of nitrogens with one attached hydrogen (secondary N) is 2. The van der Waals surface area contributed by atoms with Crippen molar-refractivity contribution in [3.63, 3.8) is 0 Å². The Labute approximate surface area is 203 Å². The number of anilines is 2. The summed E-state index contributed by atoms with van der Waals surface area (Å²) in [4.78, 5) is 0. The number of nitrogens with zero attached hydrogens (tertiary/aromatic N) is 4. The maximum absolute atomic E-state index is 13.1. The summed E-state index contributed by atoms with van der Waals surface area (Å²) in [7, 11) is 0. The van der Waals surface area contributed by atoms with Gasteiger partial charge >= 0.3 is 0 Å². The third-order valence-electron chi connectivity index (χ3n) is 4.45. The minimum atomic E-state index is -0.286. The van der Waals surface area contributed by atoms with Crippen molar-refractivity contribution in [2.75, 3.05) is 10.6 Å². The van der Waals surface area contributed by atoms with E-state index in [4.69, 9.17) is 47.0 Å². The second-order valence-electron chi connectivity index (χ2n) is 6.89. The SMILES string of the molecule is Fc1ccc(Cn2cc(Cl)c(NC(=S)Nc3cnn(Cc4ccc(Cl)cc4Cl)c3)n2)cc1. The van der Waals surface area contributed by atoms with Crippen molar-refractivity contribution in [3.05, 3.63) is 93.1 Å². The fourth-order valence-corrected chi connectivity index (χ4v) is 3.83. The van der Waals surface area contributed by atoms with Crippen molar-refractivity contribution < 1.29 is 4.39 Å². The highest BCUT2D eigenvalue weighted by Gasteiger charge is 2.11. The van der Waals surface area contributed by atoms with Gasteiger partial charge in [-0.2, -0.15) is 10.2 Å². The first-order valence-corrected chi connectivity index (χ1v) is 10.9.